The van der Waals surface area contributed by atoms with Crippen LogP contribution in [0.15, 0.2) is 76.2 Å². The van der Waals surface area contributed by atoms with Crippen molar-refractivity contribution in [3.05, 3.63) is 82.3 Å². The zero-order valence-electron chi connectivity index (χ0n) is 19.3. The molecule has 0 fully saturated rings. The Kier molecular flexibility index (Phi) is 7.32. The molecule has 0 bridgehead atoms. The summed E-state index contributed by atoms with van der Waals surface area (Å²) in [5.41, 5.74) is 3.63. The second kappa shape index (κ2) is 10.6. The Hall–Kier alpha value is -3.59. The summed E-state index contributed by atoms with van der Waals surface area (Å²) in [6.45, 7) is 2.36. The number of aliphatic imine (C=N–C) groups is 1. The third kappa shape index (κ3) is 4.70. The average molecular weight is 479 g/mol. The van der Waals surface area contributed by atoms with E-state index in [9.17, 15) is 9.59 Å². The smallest absolute Gasteiger partial charge is 0.338 e. The van der Waals surface area contributed by atoms with E-state index in [4.69, 9.17) is 14.5 Å². The van der Waals surface area contributed by atoms with Gasteiger partial charge in [0.15, 0.2) is 5.17 Å². The van der Waals surface area contributed by atoms with Crippen molar-refractivity contribution in [1.29, 1.82) is 0 Å². The number of esters is 1. The minimum absolute atomic E-state index is 0.131. The number of aromatic nitrogens is 1. The number of allylic oxidation sites excluding steroid dienone is 1. The zero-order valence-corrected chi connectivity index (χ0v) is 20.1. The Morgan fingerprint density at radius 1 is 1.15 bits per heavy atom. The fourth-order valence-electron chi connectivity index (χ4n) is 4.03. The number of ether oxygens (including phenoxy) is 2. The number of amidine groups is 1. The van der Waals surface area contributed by atoms with Crippen LogP contribution in [0.2, 0.25) is 0 Å². The summed E-state index contributed by atoms with van der Waals surface area (Å²) in [5, 5.41) is 5.59. The minimum atomic E-state index is -0.528. The van der Waals surface area contributed by atoms with Crippen LogP contribution < -0.4 is 10.1 Å². The van der Waals surface area contributed by atoms with Gasteiger partial charge >= 0.3 is 5.97 Å². The Labute approximate surface area is 202 Å². The first-order chi connectivity index (χ1) is 16.6. The quantitative estimate of drug-likeness (QED) is 0.575. The van der Waals surface area contributed by atoms with Crippen LogP contribution in [0.1, 0.15) is 36.9 Å². The lowest BCUT2D eigenvalue weighted by molar-refractivity contribution is -0.136. The third-order valence-corrected chi connectivity index (χ3v) is 6.53. The van der Waals surface area contributed by atoms with Crippen LogP contribution in [0.4, 0.5) is 0 Å². The van der Waals surface area contributed by atoms with E-state index in [-0.39, 0.29) is 12.3 Å². The van der Waals surface area contributed by atoms with Crippen molar-refractivity contribution < 1.29 is 19.1 Å². The normalized spacial score (nSPS) is 17.0. The highest BCUT2D eigenvalue weighted by Gasteiger charge is 2.42. The molecule has 0 aliphatic carbocycles. The van der Waals surface area contributed by atoms with E-state index in [0.29, 0.717) is 30.0 Å². The van der Waals surface area contributed by atoms with E-state index in [1.165, 1.54) is 18.9 Å². The van der Waals surface area contributed by atoms with Crippen LogP contribution >= 0.6 is 11.8 Å². The molecule has 1 N–H and O–H groups in total. The molecule has 0 saturated heterocycles. The molecule has 2 aliphatic rings. The molecule has 34 heavy (non-hydrogen) atoms. The number of fused-ring (bicyclic) bond motifs is 1. The fourth-order valence-corrected chi connectivity index (χ4v) is 4.96. The number of nitrogens with one attached hydrogen (secondary N) is 1. The molecule has 1 atom stereocenters. The van der Waals surface area contributed by atoms with Crippen molar-refractivity contribution in [3.8, 4) is 5.75 Å². The maximum absolute atomic E-state index is 13.0. The van der Waals surface area contributed by atoms with Gasteiger partial charge in [-0.1, -0.05) is 36.9 Å². The van der Waals surface area contributed by atoms with Crippen molar-refractivity contribution in [1.82, 2.24) is 15.2 Å². The van der Waals surface area contributed by atoms with Crippen LogP contribution in [-0.2, 0) is 20.9 Å². The number of rotatable bonds is 8. The zero-order chi connectivity index (χ0) is 24.1. The molecule has 1 amide bonds. The summed E-state index contributed by atoms with van der Waals surface area (Å²) < 4.78 is 10.8. The number of hydrogen-bond donors (Lipinski definition) is 1. The van der Waals surface area contributed by atoms with Crippen LogP contribution in [0.3, 0.4) is 0 Å². The predicted molar refractivity (Wildman–Crippen MR) is 131 cm³/mol. The number of hydrogen-bond acceptors (Lipinski definition) is 8. The fraction of sp³-hybridized carbons (Fsp3) is 0.280. The van der Waals surface area contributed by atoms with Gasteiger partial charge in [0.25, 0.3) is 0 Å². The number of benzene rings is 1. The number of thioether (sulfide) groups is 1. The molecule has 8 nitrogen and oxygen atoms in total. The van der Waals surface area contributed by atoms with Crippen LogP contribution in [0, 0.1) is 0 Å². The largest absolute Gasteiger partial charge is 0.496 e. The standard InChI is InChI=1S/C25H26N4O4S/c1-4-19-22(24(31)33-3)23(18-7-5-6-8-20(18)32-2)29-17(15-34-25(29)28-19)13-21(30)27-14-16-9-11-26-12-10-16/h5-12,15,23H,4,13-14H2,1-3H3,(H,27,30). The monoisotopic (exact) mass is 478 g/mol. The molecule has 0 radical (unpaired) electrons. The molecule has 1 unspecified atom stereocenters. The first kappa shape index (κ1) is 23.6. The van der Waals surface area contributed by atoms with Gasteiger partial charge in [0.1, 0.15) is 5.75 Å². The summed E-state index contributed by atoms with van der Waals surface area (Å²) in [6, 6.07) is 10.8. The third-order valence-electron chi connectivity index (χ3n) is 5.64. The number of carbonyl (C=O) groups is 2. The van der Waals surface area contributed by atoms with E-state index in [1.807, 2.05) is 53.6 Å². The van der Waals surface area contributed by atoms with Crippen LogP contribution in [0.5, 0.6) is 5.75 Å². The Morgan fingerprint density at radius 3 is 2.62 bits per heavy atom. The lowest BCUT2D eigenvalue weighted by Crippen LogP contribution is -2.38. The number of para-hydroxylation sites is 1. The minimum Gasteiger partial charge on any atom is -0.496 e. The van der Waals surface area contributed by atoms with Gasteiger partial charge < -0.3 is 19.7 Å². The van der Waals surface area contributed by atoms with E-state index in [1.54, 1.807) is 19.5 Å². The van der Waals surface area contributed by atoms with Gasteiger partial charge in [-0.25, -0.2) is 9.79 Å². The molecule has 2 aliphatic heterocycles. The molecule has 1 aromatic carbocycles. The SMILES string of the molecule is CCC1=C(C(=O)OC)C(c2ccccc2OC)N2C(CC(=O)NCc3ccncc3)=CSC2=N1. The van der Waals surface area contributed by atoms with Gasteiger partial charge in [0.2, 0.25) is 5.91 Å². The lowest BCUT2D eigenvalue weighted by Gasteiger charge is -2.37. The highest BCUT2D eigenvalue weighted by Crippen LogP contribution is 2.47. The van der Waals surface area contributed by atoms with Crippen LogP contribution in [-0.4, -0.2) is 41.1 Å². The van der Waals surface area contributed by atoms with Crippen molar-refractivity contribution in [3.63, 3.8) is 0 Å². The molecule has 1 aromatic heterocycles. The lowest BCUT2D eigenvalue weighted by atomic mass is 9.92. The van der Waals surface area contributed by atoms with Gasteiger partial charge in [0, 0.05) is 30.2 Å². The Morgan fingerprint density at radius 2 is 1.91 bits per heavy atom. The molecular weight excluding hydrogens is 452 g/mol. The molecule has 9 heteroatoms. The second-order valence-corrected chi connectivity index (χ2v) is 8.49. The van der Waals surface area contributed by atoms with Gasteiger partial charge in [-0.15, -0.1) is 0 Å². The first-order valence-electron chi connectivity index (χ1n) is 10.9. The van der Waals surface area contributed by atoms with E-state index >= 15 is 0 Å². The van der Waals surface area contributed by atoms with E-state index in [0.717, 1.165) is 22.0 Å². The van der Waals surface area contributed by atoms with Crippen molar-refractivity contribution in [2.75, 3.05) is 14.2 Å². The Balaban J connectivity index is 1.67. The van der Waals surface area contributed by atoms with E-state index in [2.05, 4.69) is 10.3 Å². The Bertz CT molecular complexity index is 1180. The molecule has 176 valence electrons. The van der Waals surface area contributed by atoms with Gasteiger partial charge in [0.05, 0.1) is 38.0 Å². The van der Waals surface area contributed by atoms with Crippen molar-refractivity contribution in [2.45, 2.75) is 32.4 Å². The first-order valence-corrected chi connectivity index (χ1v) is 11.8. The van der Waals surface area contributed by atoms with Gasteiger partial charge in [-0.3, -0.25) is 9.78 Å². The predicted octanol–water partition coefficient (Wildman–Crippen LogP) is 3.93. The van der Waals surface area contributed by atoms with E-state index < -0.39 is 12.0 Å². The molecule has 4 rings (SSSR count). The summed E-state index contributed by atoms with van der Waals surface area (Å²) in [4.78, 5) is 36.5. The number of pyridine rings is 1. The number of nitrogens with zero attached hydrogens (tertiary/aromatic N) is 3. The maximum Gasteiger partial charge on any atom is 0.338 e. The highest BCUT2D eigenvalue weighted by molar-refractivity contribution is 8.16. The molecular formula is C25H26N4O4S. The number of carbonyl (C=O) groups excluding carboxylic acids is 2. The summed E-state index contributed by atoms with van der Waals surface area (Å²) in [7, 11) is 2.96. The molecule has 3 heterocycles. The summed E-state index contributed by atoms with van der Waals surface area (Å²) >= 11 is 1.44. The number of amides is 1. The topological polar surface area (TPSA) is 93.1 Å². The maximum atomic E-state index is 13.0. The van der Waals surface area contributed by atoms with Gasteiger partial charge in [-0.05, 0) is 35.6 Å². The summed E-state index contributed by atoms with van der Waals surface area (Å²) in [6.07, 6.45) is 4.09. The van der Waals surface area contributed by atoms with Crippen LogP contribution in [0.25, 0.3) is 0 Å². The van der Waals surface area contributed by atoms with Crippen molar-refractivity contribution in [2.24, 2.45) is 4.99 Å². The molecule has 0 spiro atoms. The second-order valence-electron chi connectivity index (χ2n) is 7.65. The molecule has 2 aromatic rings. The molecule has 0 saturated carbocycles. The highest BCUT2D eigenvalue weighted by atomic mass is 32.2. The number of methoxy groups -OCH3 is 2. The average Bonchev–Trinajstić information content (AvgIpc) is 3.28. The van der Waals surface area contributed by atoms with Crippen molar-refractivity contribution >= 4 is 28.8 Å². The van der Waals surface area contributed by atoms with Gasteiger partial charge in [-0.2, -0.15) is 0 Å². The summed E-state index contributed by atoms with van der Waals surface area (Å²) in [5.74, 6) is 0.0616.